The van der Waals surface area contributed by atoms with Gasteiger partial charge in [-0.2, -0.15) is 0 Å². The van der Waals surface area contributed by atoms with Crippen molar-refractivity contribution in [3.8, 4) is 0 Å². The van der Waals surface area contributed by atoms with Crippen molar-refractivity contribution in [1.29, 1.82) is 0 Å². The molecule has 0 amide bonds. The molecule has 2 N–H and O–H groups in total. The highest BCUT2D eigenvalue weighted by molar-refractivity contribution is 5.32. The first-order valence-electron chi connectivity index (χ1n) is 6.39. The van der Waals surface area contributed by atoms with Crippen LogP contribution in [0.15, 0.2) is 24.3 Å². The lowest BCUT2D eigenvalue weighted by atomic mass is 9.83. The number of aryl methyl sites for hydroxylation is 1. The van der Waals surface area contributed by atoms with E-state index in [1.807, 2.05) is 12.1 Å². The normalized spacial score (nSPS) is 19.6. The average molecular weight is 255 g/mol. The van der Waals surface area contributed by atoms with Gasteiger partial charge in [0.1, 0.15) is 6.61 Å². The van der Waals surface area contributed by atoms with Gasteiger partial charge in [0.15, 0.2) is 0 Å². The maximum Gasteiger partial charge on any atom is 0.282 e. The molecule has 2 rings (SSSR count). The van der Waals surface area contributed by atoms with E-state index in [9.17, 15) is 8.78 Å². The minimum atomic E-state index is -3.02. The first kappa shape index (κ1) is 13.4. The van der Waals surface area contributed by atoms with E-state index in [-0.39, 0.29) is 0 Å². The van der Waals surface area contributed by atoms with Crippen molar-refractivity contribution in [3.63, 3.8) is 0 Å². The number of hydrogen-bond acceptors (Lipinski definition) is 2. The molecule has 0 radical (unpaired) electrons. The van der Waals surface area contributed by atoms with Crippen LogP contribution in [-0.4, -0.2) is 30.7 Å². The van der Waals surface area contributed by atoms with E-state index in [4.69, 9.17) is 5.11 Å². The van der Waals surface area contributed by atoms with Gasteiger partial charge in [0.05, 0.1) is 6.54 Å². The fourth-order valence-corrected chi connectivity index (χ4v) is 2.55. The molecule has 100 valence electrons. The van der Waals surface area contributed by atoms with Crippen molar-refractivity contribution >= 4 is 0 Å². The Kier molecular flexibility index (Phi) is 4.30. The first-order valence-corrected chi connectivity index (χ1v) is 6.39. The largest absolute Gasteiger partial charge is 0.390 e. The topological polar surface area (TPSA) is 32.3 Å². The van der Waals surface area contributed by atoms with E-state index < -0.39 is 19.1 Å². The average Bonchev–Trinajstić information content (AvgIpc) is 2.39. The summed E-state index contributed by atoms with van der Waals surface area (Å²) in [5, 5.41) is 11.3. The Bertz CT molecular complexity index is 395. The highest BCUT2D eigenvalue weighted by atomic mass is 19.3. The summed E-state index contributed by atoms with van der Waals surface area (Å²) in [4.78, 5) is 0. The summed E-state index contributed by atoms with van der Waals surface area (Å²) in [6, 6.07) is 8.23. The van der Waals surface area contributed by atoms with Crippen molar-refractivity contribution in [3.05, 3.63) is 35.4 Å². The summed E-state index contributed by atoms with van der Waals surface area (Å²) >= 11 is 0. The molecule has 1 unspecified atom stereocenters. The van der Waals surface area contributed by atoms with E-state index in [0.29, 0.717) is 12.5 Å². The van der Waals surface area contributed by atoms with Crippen LogP contribution in [0, 0.1) is 0 Å². The van der Waals surface area contributed by atoms with E-state index in [1.165, 1.54) is 11.1 Å². The SMILES string of the molecule is OCC(F)(F)CNCC1CCCc2ccccc21. The van der Waals surface area contributed by atoms with Gasteiger partial charge in [-0.25, -0.2) is 8.78 Å². The molecule has 0 spiro atoms. The number of fused-ring (bicyclic) bond motifs is 1. The standard InChI is InChI=1S/C14H19F2NO/c15-14(16,10-18)9-17-8-12-6-3-5-11-4-1-2-7-13(11)12/h1-2,4,7,12,17-18H,3,5-6,8-10H2. The van der Waals surface area contributed by atoms with Gasteiger partial charge in [-0.15, -0.1) is 0 Å². The van der Waals surface area contributed by atoms with Crippen LogP contribution in [0.3, 0.4) is 0 Å². The third-order valence-electron chi connectivity index (χ3n) is 3.50. The zero-order valence-electron chi connectivity index (χ0n) is 10.3. The molecule has 1 atom stereocenters. The van der Waals surface area contributed by atoms with Crippen LogP contribution in [0.25, 0.3) is 0 Å². The van der Waals surface area contributed by atoms with Crippen LogP contribution < -0.4 is 5.32 Å². The molecule has 4 heteroatoms. The number of rotatable bonds is 5. The van der Waals surface area contributed by atoms with Gasteiger partial charge >= 0.3 is 0 Å². The predicted octanol–water partition coefficient (Wildman–Crippen LogP) is 2.32. The molecule has 2 nitrogen and oxygen atoms in total. The molecule has 0 fully saturated rings. The summed E-state index contributed by atoms with van der Waals surface area (Å²) < 4.78 is 25.8. The Morgan fingerprint density at radius 1 is 1.33 bits per heavy atom. The molecule has 1 aliphatic carbocycles. The van der Waals surface area contributed by atoms with Gasteiger partial charge in [0, 0.05) is 6.54 Å². The van der Waals surface area contributed by atoms with Crippen LogP contribution in [0.4, 0.5) is 8.78 Å². The molecule has 1 aromatic carbocycles. The van der Waals surface area contributed by atoms with Crippen molar-refractivity contribution < 1.29 is 13.9 Å². The van der Waals surface area contributed by atoms with Crippen molar-refractivity contribution in [2.75, 3.05) is 19.7 Å². The third kappa shape index (κ3) is 3.27. The number of nitrogens with one attached hydrogen (secondary N) is 1. The Labute approximate surface area is 106 Å². The Morgan fingerprint density at radius 3 is 2.89 bits per heavy atom. The Balaban J connectivity index is 1.92. The zero-order chi connectivity index (χ0) is 13.0. The molecular weight excluding hydrogens is 236 g/mol. The molecule has 0 saturated heterocycles. The second kappa shape index (κ2) is 5.76. The zero-order valence-corrected chi connectivity index (χ0v) is 10.3. The summed E-state index contributed by atoms with van der Waals surface area (Å²) in [5.74, 6) is -2.71. The molecule has 1 aliphatic rings. The predicted molar refractivity (Wildman–Crippen MR) is 67.0 cm³/mol. The molecule has 18 heavy (non-hydrogen) atoms. The highest BCUT2D eigenvalue weighted by Gasteiger charge is 2.28. The Morgan fingerprint density at radius 2 is 2.11 bits per heavy atom. The highest BCUT2D eigenvalue weighted by Crippen LogP contribution is 2.30. The number of halogens is 2. The van der Waals surface area contributed by atoms with E-state index in [2.05, 4.69) is 17.4 Å². The van der Waals surface area contributed by atoms with Gasteiger partial charge in [-0.3, -0.25) is 0 Å². The van der Waals surface area contributed by atoms with Crippen molar-refractivity contribution in [1.82, 2.24) is 5.32 Å². The minimum Gasteiger partial charge on any atom is -0.390 e. The van der Waals surface area contributed by atoms with E-state index in [1.54, 1.807) is 0 Å². The second-order valence-electron chi connectivity index (χ2n) is 4.93. The van der Waals surface area contributed by atoms with E-state index >= 15 is 0 Å². The maximum absolute atomic E-state index is 12.9. The maximum atomic E-state index is 12.9. The fourth-order valence-electron chi connectivity index (χ4n) is 2.55. The van der Waals surface area contributed by atoms with Crippen LogP contribution >= 0.6 is 0 Å². The number of alkyl halides is 2. The summed E-state index contributed by atoms with van der Waals surface area (Å²) in [6.07, 6.45) is 3.23. The third-order valence-corrected chi connectivity index (χ3v) is 3.50. The van der Waals surface area contributed by atoms with Crippen LogP contribution in [0.5, 0.6) is 0 Å². The molecule has 0 saturated carbocycles. The summed E-state index contributed by atoms with van der Waals surface area (Å²) in [7, 11) is 0. The van der Waals surface area contributed by atoms with Gasteiger partial charge in [0.25, 0.3) is 5.92 Å². The molecule has 1 aromatic rings. The van der Waals surface area contributed by atoms with Crippen molar-refractivity contribution in [2.45, 2.75) is 31.1 Å². The lowest BCUT2D eigenvalue weighted by Gasteiger charge is -2.26. The van der Waals surface area contributed by atoms with Crippen LogP contribution in [0.1, 0.15) is 29.9 Å². The van der Waals surface area contributed by atoms with Crippen molar-refractivity contribution in [2.24, 2.45) is 0 Å². The molecule has 0 aromatic heterocycles. The van der Waals surface area contributed by atoms with Gasteiger partial charge < -0.3 is 10.4 Å². The van der Waals surface area contributed by atoms with Gasteiger partial charge in [0.2, 0.25) is 0 Å². The van der Waals surface area contributed by atoms with Crippen LogP contribution in [-0.2, 0) is 6.42 Å². The van der Waals surface area contributed by atoms with E-state index in [0.717, 1.165) is 19.3 Å². The monoisotopic (exact) mass is 255 g/mol. The lowest BCUT2D eigenvalue weighted by Crippen LogP contribution is -2.38. The number of aliphatic hydroxyl groups excluding tert-OH is 1. The van der Waals surface area contributed by atoms with Crippen LogP contribution in [0.2, 0.25) is 0 Å². The molecular formula is C14H19F2NO. The van der Waals surface area contributed by atoms with Gasteiger partial charge in [-0.05, 0) is 36.3 Å². The first-order chi connectivity index (χ1) is 8.62. The number of hydrogen-bond donors (Lipinski definition) is 2. The number of benzene rings is 1. The summed E-state index contributed by atoms with van der Waals surface area (Å²) in [6.45, 7) is -1.00. The summed E-state index contributed by atoms with van der Waals surface area (Å²) in [5.41, 5.74) is 2.62. The molecule has 0 aliphatic heterocycles. The smallest absolute Gasteiger partial charge is 0.282 e. The van der Waals surface area contributed by atoms with Gasteiger partial charge in [-0.1, -0.05) is 24.3 Å². The molecule has 0 bridgehead atoms. The lowest BCUT2D eigenvalue weighted by molar-refractivity contribution is -0.0476. The second-order valence-corrected chi connectivity index (χ2v) is 4.93. The fraction of sp³-hybridized carbons (Fsp3) is 0.571. The quantitative estimate of drug-likeness (QED) is 0.846. The number of aliphatic hydroxyl groups is 1. The molecule has 0 heterocycles. The Hall–Kier alpha value is -1.00. The minimum absolute atomic E-state index is 0.310.